The minimum Gasteiger partial charge on any atom is -0.486 e. The third kappa shape index (κ3) is 6.67. The van der Waals surface area contributed by atoms with Crippen LogP contribution >= 0.6 is 0 Å². The molecule has 3 aromatic rings. The van der Waals surface area contributed by atoms with Crippen molar-refractivity contribution in [3.63, 3.8) is 0 Å². The summed E-state index contributed by atoms with van der Waals surface area (Å²) < 4.78 is 54.0. The lowest BCUT2D eigenvalue weighted by atomic mass is 10.1. The molecule has 0 aromatic heterocycles. The molecular formula is C31H34FN3O6S. The van der Waals surface area contributed by atoms with Gasteiger partial charge in [-0.25, -0.2) is 12.8 Å². The number of nitrogens with one attached hydrogen (secondary N) is 1. The Morgan fingerprint density at radius 3 is 2.31 bits per heavy atom. The smallest absolute Gasteiger partial charge is 0.264 e. The summed E-state index contributed by atoms with van der Waals surface area (Å²) in [6, 6.07) is 17.5. The number of sulfonamides is 1. The van der Waals surface area contributed by atoms with E-state index < -0.39 is 34.3 Å². The molecule has 1 aliphatic heterocycles. The number of amides is 2. The van der Waals surface area contributed by atoms with Gasteiger partial charge in [0, 0.05) is 18.7 Å². The number of nitrogens with zero attached hydrogens (tertiary/aromatic N) is 2. The molecule has 0 spiro atoms. The third-order valence-electron chi connectivity index (χ3n) is 7.56. The highest BCUT2D eigenvalue weighted by Crippen LogP contribution is 2.34. The van der Waals surface area contributed by atoms with Crippen LogP contribution in [-0.4, -0.2) is 57.0 Å². The van der Waals surface area contributed by atoms with Crippen molar-refractivity contribution in [3.05, 3.63) is 84.2 Å². The van der Waals surface area contributed by atoms with E-state index in [1.807, 2.05) is 30.3 Å². The maximum Gasteiger partial charge on any atom is 0.264 e. The molecule has 5 rings (SSSR count). The predicted molar refractivity (Wildman–Crippen MR) is 155 cm³/mol. The van der Waals surface area contributed by atoms with Gasteiger partial charge >= 0.3 is 0 Å². The summed E-state index contributed by atoms with van der Waals surface area (Å²) in [5.41, 5.74) is 0.886. The minimum absolute atomic E-state index is 0.0555. The molecule has 222 valence electrons. The summed E-state index contributed by atoms with van der Waals surface area (Å²) in [6.07, 6.45) is 3.85. The lowest BCUT2D eigenvalue weighted by Gasteiger charge is -2.32. The van der Waals surface area contributed by atoms with E-state index in [1.165, 1.54) is 35.2 Å². The van der Waals surface area contributed by atoms with Gasteiger partial charge in [0.15, 0.2) is 11.5 Å². The van der Waals surface area contributed by atoms with Crippen molar-refractivity contribution in [2.45, 2.75) is 56.1 Å². The molecular weight excluding hydrogens is 561 g/mol. The molecule has 11 heteroatoms. The Morgan fingerprint density at radius 1 is 0.952 bits per heavy atom. The Hall–Kier alpha value is -4.12. The van der Waals surface area contributed by atoms with Crippen molar-refractivity contribution in [1.82, 2.24) is 10.2 Å². The number of rotatable bonds is 10. The van der Waals surface area contributed by atoms with Crippen LogP contribution in [0.5, 0.6) is 11.5 Å². The first kappa shape index (κ1) is 29.4. The van der Waals surface area contributed by atoms with Crippen LogP contribution in [0.15, 0.2) is 77.7 Å². The number of carbonyl (C=O) groups excluding carboxylic acids is 2. The van der Waals surface area contributed by atoms with Crippen LogP contribution in [0.3, 0.4) is 0 Å². The van der Waals surface area contributed by atoms with Gasteiger partial charge in [-0.3, -0.25) is 13.9 Å². The van der Waals surface area contributed by atoms with Gasteiger partial charge in [-0.2, -0.15) is 0 Å². The van der Waals surface area contributed by atoms with Gasteiger partial charge in [0.05, 0.1) is 10.6 Å². The van der Waals surface area contributed by atoms with Crippen molar-refractivity contribution < 1.29 is 31.9 Å². The minimum atomic E-state index is -4.34. The van der Waals surface area contributed by atoms with Crippen LogP contribution < -0.4 is 19.1 Å². The Kier molecular flexibility index (Phi) is 8.96. The molecule has 1 fully saturated rings. The number of carbonyl (C=O) groups is 2. The highest BCUT2D eigenvalue weighted by Gasteiger charge is 2.34. The fourth-order valence-corrected chi connectivity index (χ4v) is 6.63. The van der Waals surface area contributed by atoms with E-state index in [0.717, 1.165) is 47.7 Å². The van der Waals surface area contributed by atoms with Crippen LogP contribution in [-0.2, 0) is 26.2 Å². The molecule has 0 bridgehead atoms. The zero-order valence-corrected chi connectivity index (χ0v) is 24.2. The summed E-state index contributed by atoms with van der Waals surface area (Å²) in [5, 5.41) is 3.04. The molecule has 1 heterocycles. The summed E-state index contributed by atoms with van der Waals surface area (Å²) in [7, 11) is -4.34. The van der Waals surface area contributed by atoms with Gasteiger partial charge in [-0.15, -0.1) is 0 Å². The number of ether oxygens (including phenoxy) is 2. The molecule has 1 saturated carbocycles. The van der Waals surface area contributed by atoms with Crippen molar-refractivity contribution in [2.24, 2.45) is 0 Å². The third-order valence-corrected chi connectivity index (χ3v) is 9.33. The normalized spacial score (nSPS) is 15.6. The lowest BCUT2D eigenvalue weighted by Crippen LogP contribution is -2.52. The summed E-state index contributed by atoms with van der Waals surface area (Å²) in [4.78, 5) is 28.6. The van der Waals surface area contributed by atoms with Gasteiger partial charge in [-0.05, 0) is 61.7 Å². The van der Waals surface area contributed by atoms with E-state index in [1.54, 1.807) is 6.92 Å². The largest absolute Gasteiger partial charge is 0.486 e. The van der Waals surface area contributed by atoms with E-state index in [-0.39, 0.29) is 41.4 Å². The highest BCUT2D eigenvalue weighted by molar-refractivity contribution is 7.92. The van der Waals surface area contributed by atoms with Crippen LogP contribution in [0, 0.1) is 5.82 Å². The molecule has 3 aromatic carbocycles. The van der Waals surface area contributed by atoms with Gasteiger partial charge in [0.1, 0.15) is 31.6 Å². The van der Waals surface area contributed by atoms with Crippen molar-refractivity contribution in [2.75, 3.05) is 24.1 Å². The molecule has 0 radical (unpaired) electrons. The molecule has 42 heavy (non-hydrogen) atoms. The number of fused-ring (bicyclic) bond motifs is 1. The SMILES string of the molecule is C[C@@H](C(=O)NC1CCCC1)N(Cc1ccccc1)C(=O)CN(c1ccc(F)cc1)S(=O)(=O)c1ccc2c(c1)OCCO2. The molecule has 1 N–H and O–H groups in total. The molecule has 9 nitrogen and oxygen atoms in total. The fraction of sp³-hybridized carbons (Fsp3) is 0.355. The van der Waals surface area contributed by atoms with E-state index in [4.69, 9.17) is 9.47 Å². The van der Waals surface area contributed by atoms with E-state index in [9.17, 15) is 22.4 Å². The van der Waals surface area contributed by atoms with Crippen molar-refractivity contribution in [1.29, 1.82) is 0 Å². The molecule has 1 atom stereocenters. The number of benzene rings is 3. The number of hydrogen-bond acceptors (Lipinski definition) is 6. The molecule has 2 aliphatic rings. The second-order valence-electron chi connectivity index (χ2n) is 10.5. The second-order valence-corrected chi connectivity index (χ2v) is 12.3. The van der Waals surface area contributed by atoms with Gasteiger partial charge in [0.25, 0.3) is 10.0 Å². The fourth-order valence-electron chi connectivity index (χ4n) is 5.20. The average Bonchev–Trinajstić information content (AvgIpc) is 3.52. The van der Waals surface area contributed by atoms with Crippen LogP contribution in [0.25, 0.3) is 0 Å². The van der Waals surface area contributed by atoms with Crippen molar-refractivity contribution in [3.8, 4) is 11.5 Å². The number of halogens is 1. The first-order valence-electron chi connectivity index (χ1n) is 14.0. The number of anilines is 1. The zero-order valence-electron chi connectivity index (χ0n) is 23.4. The molecule has 0 unspecified atom stereocenters. The summed E-state index contributed by atoms with van der Waals surface area (Å²) in [6.45, 7) is 1.74. The van der Waals surface area contributed by atoms with Gasteiger partial charge in [-0.1, -0.05) is 43.2 Å². The maximum atomic E-state index is 14.0. The molecule has 2 amide bonds. The van der Waals surface area contributed by atoms with Crippen molar-refractivity contribution >= 4 is 27.5 Å². The predicted octanol–water partition coefficient (Wildman–Crippen LogP) is 4.27. The standard InChI is InChI=1S/C31H34FN3O6S/c1-22(31(37)33-25-9-5-6-10-25)34(20-23-7-3-2-4-8-23)30(36)21-35(26-13-11-24(32)12-14-26)42(38,39)27-15-16-28-29(19-27)41-18-17-40-28/h2-4,7-8,11-16,19,22,25H,5-6,9-10,17-18,20-21H2,1H3,(H,33,37)/t22-/m0/s1. The quantitative estimate of drug-likeness (QED) is 0.376. The summed E-state index contributed by atoms with van der Waals surface area (Å²) >= 11 is 0. The Labute approximate surface area is 245 Å². The van der Waals surface area contributed by atoms with Gasteiger partial charge in [0.2, 0.25) is 11.8 Å². The van der Waals surface area contributed by atoms with E-state index >= 15 is 0 Å². The Bertz CT molecular complexity index is 1510. The monoisotopic (exact) mass is 595 g/mol. The first-order valence-corrected chi connectivity index (χ1v) is 15.5. The molecule has 1 aliphatic carbocycles. The van der Waals surface area contributed by atoms with Crippen LogP contribution in [0.1, 0.15) is 38.2 Å². The first-order chi connectivity index (χ1) is 20.2. The van der Waals surface area contributed by atoms with Crippen LogP contribution in [0.4, 0.5) is 10.1 Å². The average molecular weight is 596 g/mol. The molecule has 0 saturated heterocycles. The lowest BCUT2D eigenvalue weighted by molar-refractivity contribution is -0.139. The van der Waals surface area contributed by atoms with E-state index in [0.29, 0.717) is 12.4 Å². The maximum absolute atomic E-state index is 14.0. The zero-order chi connectivity index (χ0) is 29.7. The second kappa shape index (κ2) is 12.8. The topological polar surface area (TPSA) is 105 Å². The van der Waals surface area contributed by atoms with E-state index in [2.05, 4.69) is 5.32 Å². The van der Waals surface area contributed by atoms with Crippen LogP contribution in [0.2, 0.25) is 0 Å². The van der Waals surface area contributed by atoms with Gasteiger partial charge < -0.3 is 19.7 Å². The summed E-state index contributed by atoms with van der Waals surface area (Å²) in [5.74, 6) is -0.742. The number of hydrogen-bond donors (Lipinski definition) is 1. The Morgan fingerprint density at radius 2 is 1.62 bits per heavy atom. The Balaban J connectivity index is 1.47. The highest BCUT2D eigenvalue weighted by atomic mass is 32.2.